The standard InChI is InChI=1S/C15H22N2O/c1-3-8-16-9-11-17(12-10-16)15(18)14-6-4-13(2)5-7-14/h4-7H,3,8-12H2,1-2H3. The zero-order valence-electron chi connectivity index (χ0n) is 11.4. The van der Waals surface area contributed by atoms with Crippen LogP contribution in [0.15, 0.2) is 24.3 Å². The highest BCUT2D eigenvalue weighted by Gasteiger charge is 2.21. The second kappa shape index (κ2) is 6.01. The molecule has 0 unspecified atom stereocenters. The monoisotopic (exact) mass is 246 g/mol. The first kappa shape index (κ1) is 13.1. The highest BCUT2D eigenvalue weighted by molar-refractivity contribution is 5.94. The molecule has 1 amide bonds. The van der Waals surface area contributed by atoms with Gasteiger partial charge in [-0.15, -0.1) is 0 Å². The molecule has 1 saturated heterocycles. The fourth-order valence-electron chi connectivity index (χ4n) is 2.37. The number of piperazine rings is 1. The van der Waals surface area contributed by atoms with E-state index in [9.17, 15) is 4.79 Å². The molecule has 0 N–H and O–H groups in total. The Labute approximate surface area is 109 Å². The zero-order chi connectivity index (χ0) is 13.0. The molecule has 0 atom stereocenters. The van der Waals surface area contributed by atoms with Crippen LogP contribution >= 0.6 is 0 Å². The maximum atomic E-state index is 12.3. The fourth-order valence-corrected chi connectivity index (χ4v) is 2.37. The quantitative estimate of drug-likeness (QED) is 0.816. The third kappa shape index (κ3) is 3.10. The Kier molecular flexibility index (Phi) is 4.37. The molecule has 1 fully saturated rings. The number of rotatable bonds is 3. The summed E-state index contributed by atoms with van der Waals surface area (Å²) in [6.07, 6.45) is 1.19. The Balaban J connectivity index is 1.93. The maximum absolute atomic E-state index is 12.3. The van der Waals surface area contributed by atoms with E-state index in [2.05, 4.69) is 11.8 Å². The van der Waals surface area contributed by atoms with Gasteiger partial charge in [-0.3, -0.25) is 9.69 Å². The molecular formula is C15H22N2O. The smallest absolute Gasteiger partial charge is 0.253 e. The van der Waals surface area contributed by atoms with Crippen molar-refractivity contribution in [3.63, 3.8) is 0 Å². The van der Waals surface area contributed by atoms with Gasteiger partial charge in [-0.05, 0) is 32.0 Å². The summed E-state index contributed by atoms with van der Waals surface area (Å²) in [6.45, 7) is 9.10. The van der Waals surface area contributed by atoms with Crippen molar-refractivity contribution in [1.82, 2.24) is 9.80 Å². The number of aryl methyl sites for hydroxylation is 1. The summed E-state index contributed by atoms with van der Waals surface area (Å²) < 4.78 is 0. The predicted octanol–water partition coefficient (Wildman–Crippen LogP) is 2.16. The van der Waals surface area contributed by atoms with Gasteiger partial charge in [0.15, 0.2) is 0 Å². The first-order valence-electron chi connectivity index (χ1n) is 6.79. The van der Waals surface area contributed by atoms with Crippen molar-refractivity contribution in [3.8, 4) is 0 Å². The molecule has 3 heteroatoms. The van der Waals surface area contributed by atoms with Gasteiger partial charge in [0.25, 0.3) is 5.91 Å². The minimum atomic E-state index is 0.172. The maximum Gasteiger partial charge on any atom is 0.253 e. The number of hydrogen-bond donors (Lipinski definition) is 0. The van der Waals surface area contributed by atoms with Crippen molar-refractivity contribution < 1.29 is 4.79 Å². The lowest BCUT2D eigenvalue weighted by Crippen LogP contribution is -2.48. The van der Waals surface area contributed by atoms with Crippen LogP contribution in [-0.2, 0) is 0 Å². The number of nitrogens with zero attached hydrogens (tertiary/aromatic N) is 2. The van der Waals surface area contributed by atoms with Gasteiger partial charge in [-0.2, -0.15) is 0 Å². The van der Waals surface area contributed by atoms with Crippen LogP contribution in [0.4, 0.5) is 0 Å². The van der Waals surface area contributed by atoms with Gasteiger partial charge in [0.2, 0.25) is 0 Å². The van der Waals surface area contributed by atoms with Crippen LogP contribution in [0.1, 0.15) is 29.3 Å². The van der Waals surface area contributed by atoms with Crippen molar-refractivity contribution >= 4 is 5.91 Å². The van der Waals surface area contributed by atoms with Gasteiger partial charge in [-0.1, -0.05) is 24.6 Å². The van der Waals surface area contributed by atoms with E-state index < -0.39 is 0 Å². The second-order valence-electron chi connectivity index (χ2n) is 5.00. The lowest BCUT2D eigenvalue weighted by Gasteiger charge is -2.34. The summed E-state index contributed by atoms with van der Waals surface area (Å²) in [6, 6.07) is 7.85. The van der Waals surface area contributed by atoms with Crippen LogP contribution in [0.3, 0.4) is 0 Å². The lowest BCUT2D eigenvalue weighted by molar-refractivity contribution is 0.0637. The highest BCUT2D eigenvalue weighted by Crippen LogP contribution is 2.10. The van der Waals surface area contributed by atoms with Crippen LogP contribution in [0, 0.1) is 6.92 Å². The molecule has 0 bridgehead atoms. The third-order valence-electron chi connectivity index (χ3n) is 3.50. The van der Waals surface area contributed by atoms with Crippen molar-refractivity contribution in [1.29, 1.82) is 0 Å². The molecule has 0 aromatic heterocycles. The molecule has 0 saturated carbocycles. The minimum Gasteiger partial charge on any atom is -0.336 e. The summed E-state index contributed by atoms with van der Waals surface area (Å²) in [7, 11) is 0. The SMILES string of the molecule is CCCN1CCN(C(=O)c2ccc(C)cc2)CC1. The van der Waals surface area contributed by atoms with Gasteiger partial charge < -0.3 is 4.90 Å². The Hall–Kier alpha value is -1.35. The average molecular weight is 246 g/mol. The van der Waals surface area contributed by atoms with Crippen LogP contribution in [0.2, 0.25) is 0 Å². The Morgan fingerprint density at radius 3 is 2.28 bits per heavy atom. The fraction of sp³-hybridized carbons (Fsp3) is 0.533. The zero-order valence-corrected chi connectivity index (χ0v) is 11.4. The normalized spacial score (nSPS) is 16.9. The predicted molar refractivity (Wildman–Crippen MR) is 73.8 cm³/mol. The molecule has 0 radical (unpaired) electrons. The third-order valence-corrected chi connectivity index (χ3v) is 3.50. The number of hydrogen-bond acceptors (Lipinski definition) is 2. The molecule has 1 aromatic carbocycles. The summed E-state index contributed by atoms with van der Waals surface area (Å²) in [5, 5.41) is 0. The molecule has 1 aromatic rings. The van der Waals surface area contributed by atoms with Gasteiger partial charge in [-0.25, -0.2) is 0 Å². The molecule has 0 aliphatic carbocycles. The van der Waals surface area contributed by atoms with Crippen LogP contribution in [-0.4, -0.2) is 48.4 Å². The minimum absolute atomic E-state index is 0.172. The van der Waals surface area contributed by atoms with Gasteiger partial charge in [0.05, 0.1) is 0 Å². The van der Waals surface area contributed by atoms with E-state index in [1.807, 2.05) is 36.1 Å². The molecule has 1 heterocycles. The Bertz CT molecular complexity index is 391. The van der Waals surface area contributed by atoms with E-state index in [1.165, 1.54) is 12.0 Å². The van der Waals surface area contributed by atoms with Gasteiger partial charge in [0, 0.05) is 31.7 Å². The number of benzene rings is 1. The van der Waals surface area contributed by atoms with E-state index in [1.54, 1.807) is 0 Å². The van der Waals surface area contributed by atoms with E-state index in [-0.39, 0.29) is 5.91 Å². The summed E-state index contributed by atoms with van der Waals surface area (Å²) >= 11 is 0. The molecule has 1 aliphatic rings. The molecule has 3 nitrogen and oxygen atoms in total. The number of carbonyl (C=O) groups is 1. The Morgan fingerprint density at radius 1 is 1.11 bits per heavy atom. The van der Waals surface area contributed by atoms with Crippen LogP contribution < -0.4 is 0 Å². The van der Waals surface area contributed by atoms with Crippen LogP contribution in [0.25, 0.3) is 0 Å². The number of carbonyl (C=O) groups excluding carboxylic acids is 1. The van der Waals surface area contributed by atoms with E-state index in [0.717, 1.165) is 38.3 Å². The molecule has 18 heavy (non-hydrogen) atoms. The van der Waals surface area contributed by atoms with E-state index >= 15 is 0 Å². The topological polar surface area (TPSA) is 23.6 Å². The lowest BCUT2D eigenvalue weighted by atomic mass is 10.1. The van der Waals surface area contributed by atoms with Crippen LogP contribution in [0.5, 0.6) is 0 Å². The van der Waals surface area contributed by atoms with E-state index in [0.29, 0.717) is 0 Å². The summed E-state index contributed by atoms with van der Waals surface area (Å²) in [4.78, 5) is 16.7. The Morgan fingerprint density at radius 2 is 1.72 bits per heavy atom. The summed E-state index contributed by atoms with van der Waals surface area (Å²) in [5.74, 6) is 0.172. The average Bonchev–Trinajstić information content (AvgIpc) is 2.40. The van der Waals surface area contributed by atoms with E-state index in [4.69, 9.17) is 0 Å². The molecule has 2 rings (SSSR count). The second-order valence-corrected chi connectivity index (χ2v) is 5.00. The van der Waals surface area contributed by atoms with Gasteiger partial charge >= 0.3 is 0 Å². The molecule has 1 aliphatic heterocycles. The molecule has 98 valence electrons. The highest BCUT2D eigenvalue weighted by atomic mass is 16.2. The molecular weight excluding hydrogens is 224 g/mol. The largest absolute Gasteiger partial charge is 0.336 e. The van der Waals surface area contributed by atoms with Crippen molar-refractivity contribution in [3.05, 3.63) is 35.4 Å². The first-order chi connectivity index (χ1) is 8.70. The van der Waals surface area contributed by atoms with Gasteiger partial charge in [0.1, 0.15) is 0 Å². The first-order valence-corrected chi connectivity index (χ1v) is 6.79. The van der Waals surface area contributed by atoms with Crippen molar-refractivity contribution in [2.24, 2.45) is 0 Å². The van der Waals surface area contributed by atoms with Crippen molar-refractivity contribution in [2.75, 3.05) is 32.7 Å². The number of amides is 1. The summed E-state index contributed by atoms with van der Waals surface area (Å²) in [5.41, 5.74) is 2.00. The van der Waals surface area contributed by atoms with Crippen molar-refractivity contribution in [2.45, 2.75) is 20.3 Å². The molecule has 0 spiro atoms.